The molecule has 5 heteroatoms. The Labute approximate surface area is 139 Å². The van der Waals surface area contributed by atoms with E-state index < -0.39 is 16.6 Å². The Kier molecular flexibility index (Phi) is 6.46. The van der Waals surface area contributed by atoms with E-state index in [-0.39, 0.29) is 12.2 Å². The third kappa shape index (κ3) is 6.38. The molecule has 2 nitrogen and oxygen atoms in total. The predicted octanol–water partition coefficient (Wildman–Crippen LogP) is 5.42. The number of rotatable bonds is 6. The summed E-state index contributed by atoms with van der Waals surface area (Å²) in [5.74, 6) is 0. The summed E-state index contributed by atoms with van der Waals surface area (Å²) in [7, 11) is -3.21. The van der Waals surface area contributed by atoms with Gasteiger partial charge in [0, 0.05) is 3.57 Å². The van der Waals surface area contributed by atoms with Crippen LogP contribution in [0.15, 0.2) is 24.3 Å². The highest BCUT2D eigenvalue weighted by Gasteiger charge is 2.31. The van der Waals surface area contributed by atoms with Crippen LogP contribution in [0.1, 0.15) is 18.6 Å². The average Bonchev–Trinajstić information content (AvgIpc) is 2.23. The maximum atomic E-state index is 6.44. The van der Waals surface area contributed by atoms with Gasteiger partial charge in [-0.3, -0.25) is 0 Å². The molecule has 0 heterocycles. The van der Waals surface area contributed by atoms with Crippen LogP contribution in [0.25, 0.3) is 0 Å². The Bertz CT molecular complexity index is 438. The molecule has 0 N–H and O–H groups in total. The molecular formula is C15H27IO2Si2. The van der Waals surface area contributed by atoms with Gasteiger partial charge in [-0.1, -0.05) is 18.2 Å². The van der Waals surface area contributed by atoms with Gasteiger partial charge >= 0.3 is 0 Å². The summed E-state index contributed by atoms with van der Waals surface area (Å²) in [6.45, 7) is 15.5. The lowest BCUT2D eigenvalue weighted by atomic mass is 10.1. The highest BCUT2D eigenvalue weighted by atomic mass is 127. The zero-order valence-corrected chi connectivity index (χ0v) is 17.8. The molecular weight excluding hydrogens is 395 g/mol. The van der Waals surface area contributed by atoms with Gasteiger partial charge < -0.3 is 8.85 Å². The van der Waals surface area contributed by atoms with E-state index in [0.29, 0.717) is 0 Å². The lowest BCUT2D eigenvalue weighted by molar-refractivity contribution is 0.0545. The predicted molar refractivity (Wildman–Crippen MR) is 100 cm³/mol. The van der Waals surface area contributed by atoms with E-state index in [0.717, 1.165) is 0 Å². The number of benzene rings is 1. The van der Waals surface area contributed by atoms with Gasteiger partial charge in [0.05, 0.1) is 12.2 Å². The van der Waals surface area contributed by atoms with Crippen molar-refractivity contribution in [3.05, 3.63) is 33.4 Å². The first-order valence-electron chi connectivity index (χ1n) is 7.10. The molecule has 1 aromatic rings. The van der Waals surface area contributed by atoms with Crippen LogP contribution in [0.4, 0.5) is 0 Å². The lowest BCUT2D eigenvalue weighted by Gasteiger charge is -2.35. The molecule has 0 unspecified atom stereocenters. The van der Waals surface area contributed by atoms with Gasteiger partial charge in [0.1, 0.15) is 0 Å². The fraction of sp³-hybridized carbons (Fsp3) is 0.600. The highest BCUT2D eigenvalue weighted by molar-refractivity contribution is 14.1. The summed E-state index contributed by atoms with van der Waals surface area (Å²) >= 11 is 2.39. The molecule has 0 aliphatic heterocycles. The van der Waals surface area contributed by atoms with Gasteiger partial charge in [-0.05, 0) is 80.4 Å². The van der Waals surface area contributed by atoms with E-state index >= 15 is 0 Å². The van der Waals surface area contributed by atoms with Crippen molar-refractivity contribution in [2.75, 3.05) is 0 Å². The van der Waals surface area contributed by atoms with Crippen molar-refractivity contribution in [2.45, 2.75) is 58.4 Å². The fourth-order valence-electron chi connectivity index (χ4n) is 2.12. The lowest BCUT2D eigenvalue weighted by Crippen LogP contribution is -2.39. The minimum absolute atomic E-state index is 0.0292. The summed E-state index contributed by atoms with van der Waals surface area (Å²) in [5, 5.41) is 0. The van der Waals surface area contributed by atoms with Crippen LogP contribution in [-0.4, -0.2) is 22.7 Å². The van der Waals surface area contributed by atoms with Crippen LogP contribution in [-0.2, 0) is 8.85 Å². The fourth-order valence-corrected chi connectivity index (χ4v) is 5.13. The van der Waals surface area contributed by atoms with Gasteiger partial charge in [-0.15, -0.1) is 0 Å². The van der Waals surface area contributed by atoms with Crippen molar-refractivity contribution >= 4 is 39.2 Å². The molecule has 0 spiro atoms. The number of hydrogen-bond acceptors (Lipinski definition) is 2. The maximum absolute atomic E-state index is 6.44. The van der Waals surface area contributed by atoms with E-state index in [2.05, 4.69) is 93.1 Å². The monoisotopic (exact) mass is 422 g/mol. The zero-order valence-electron chi connectivity index (χ0n) is 13.7. The molecule has 0 radical (unpaired) electrons. The molecule has 0 saturated carbocycles. The van der Waals surface area contributed by atoms with Gasteiger partial charge in [-0.25, -0.2) is 0 Å². The molecule has 0 aliphatic rings. The van der Waals surface area contributed by atoms with Crippen LogP contribution in [0.2, 0.25) is 39.3 Å². The molecule has 1 aromatic carbocycles. The standard InChI is InChI=1S/C15H27IO2Si2/c1-12(17-19(2,3)4)15(18-20(5,6)7)13-10-8-9-11-14(13)16/h8-12,15H,1-7H3/t12-,15+/m0/s1. The first-order valence-corrected chi connectivity index (χ1v) is 15.0. The third-order valence-corrected chi connectivity index (χ3v) is 5.68. The molecule has 2 atom stereocenters. The summed E-state index contributed by atoms with van der Waals surface area (Å²) in [6.07, 6.45) is 0.116. The Morgan fingerprint density at radius 3 is 1.85 bits per heavy atom. The van der Waals surface area contributed by atoms with Crippen LogP contribution in [0.3, 0.4) is 0 Å². The second kappa shape index (κ2) is 7.04. The minimum atomic E-state index is -1.63. The Hall–Kier alpha value is 0.304. The first kappa shape index (κ1) is 18.4. The topological polar surface area (TPSA) is 18.5 Å². The van der Waals surface area contributed by atoms with E-state index in [1.165, 1.54) is 9.13 Å². The summed E-state index contributed by atoms with van der Waals surface area (Å²) < 4.78 is 14.0. The van der Waals surface area contributed by atoms with Crippen molar-refractivity contribution in [1.82, 2.24) is 0 Å². The molecule has 114 valence electrons. The number of halogens is 1. The summed E-state index contributed by atoms with van der Waals surface area (Å²) in [5.41, 5.74) is 1.25. The Morgan fingerprint density at radius 2 is 1.40 bits per heavy atom. The molecule has 0 fully saturated rings. The highest BCUT2D eigenvalue weighted by Crippen LogP contribution is 2.31. The molecule has 0 amide bonds. The van der Waals surface area contributed by atoms with Crippen molar-refractivity contribution in [2.24, 2.45) is 0 Å². The Balaban J connectivity index is 3.06. The van der Waals surface area contributed by atoms with E-state index in [1.54, 1.807) is 0 Å². The first-order chi connectivity index (χ1) is 8.99. The zero-order chi connectivity index (χ0) is 15.6. The van der Waals surface area contributed by atoms with E-state index in [9.17, 15) is 0 Å². The maximum Gasteiger partial charge on any atom is 0.184 e. The van der Waals surface area contributed by atoms with Gasteiger partial charge in [-0.2, -0.15) is 0 Å². The van der Waals surface area contributed by atoms with Crippen LogP contribution >= 0.6 is 22.6 Å². The normalized spacial score (nSPS) is 16.0. The summed E-state index contributed by atoms with van der Waals surface area (Å²) in [6, 6.07) is 8.45. The minimum Gasteiger partial charge on any atom is -0.412 e. The summed E-state index contributed by atoms with van der Waals surface area (Å²) in [4.78, 5) is 0. The number of hydrogen-bond donors (Lipinski definition) is 0. The molecule has 0 aliphatic carbocycles. The van der Waals surface area contributed by atoms with Crippen LogP contribution in [0.5, 0.6) is 0 Å². The van der Waals surface area contributed by atoms with E-state index in [4.69, 9.17) is 8.85 Å². The SMILES string of the molecule is C[C@H](O[Si](C)(C)C)[C@@H](O[Si](C)(C)C)c1ccccc1I. The molecule has 0 bridgehead atoms. The van der Waals surface area contributed by atoms with Crippen molar-refractivity contribution in [3.8, 4) is 0 Å². The second-order valence-corrected chi connectivity index (χ2v) is 17.2. The molecule has 20 heavy (non-hydrogen) atoms. The smallest absolute Gasteiger partial charge is 0.184 e. The largest absolute Gasteiger partial charge is 0.412 e. The third-order valence-electron chi connectivity index (χ3n) is 2.66. The van der Waals surface area contributed by atoms with E-state index in [1.807, 2.05) is 0 Å². The molecule has 1 rings (SSSR count). The van der Waals surface area contributed by atoms with Crippen molar-refractivity contribution in [1.29, 1.82) is 0 Å². The van der Waals surface area contributed by atoms with Crippen molar-refractivity contribution in [3.63, 3.8) is 0 Å². The van der Waals surface area contributed by atoms with Gasteiger partial charge in [0.15, 0.2) is 16.6 Å². The van der Waals surface area contributed by atoms with Crippen LogP contribution in [0, 0.1) is 3.57 Å². The van der Waals surface area contributed by atoms with Gasteiger partial charge in [0.25, 0.3) is 0 Å². The molecule has 0 aromatic heterocycles. The van der Waals surface area contributed by atoms with Crippen molar-refractivity contribution < 1.29 is 8.85 Å². The van der Waals surface area contributed by atoms with Gasteiger partial charge in [0.2, 0.25) is 0 Å². The van der Waals surface area contributed by atoms with Crippen LogP contribution < -0.4 is 0 Å². The second-order valence-electron chi connectivity index (χ2n) is 7.11. The molecule has 0 saturated heterocycles. The average molecular weight is 422 g/mol. The quantitative estimate of drug-likeness (QED) is 0.450. The Morgan fingerprint density at radius 1 is 0.900 bits per heavy atom.